The SMILES string of the molecule is CC(=O)OC1CN(C)C[N+]1([O-])c1ncc(Br)s1. The summed E-state index contributed by atoms with van der Waals surface area (Å²) in [5, 5.41) is 13.1. The van der Waals surface area contributed by atoms with Crippen LogP contribution in [0.1, 0.15) is 6.92 Å². The smallest absolute Gasteiger partial charge is 0.307 e. The van der Waals surface area contributed by atoms with E-state index < -0.39 is 16.8 Å². The van der Waals surface area contributed by atoms with Gasteiger partial charge in [0.2, 0.25) is 0 Å². The fraction of sp³-hybridized carbons (Fsp3) is 0.556. The Kier molecular flexibility index (Phi) is 3.50. The van der Waals surface area contributed by atoms with E-state index in [1.54, 1.807) is 6.20 Å². The topological polar surface area (TPSA) is 65.5 Å². The number of thiazole rings is 1. The third kappa shape index (κ3) is 2.50. The number of aromatic nitrogens is 1. The number of rotatable bonds is 2. The van der Waals surface area contributed by atoms with Crippen molar-refractivity contribution < 1.29 is 9.53 Å². The molecule has 0 N–H and O–H groups in total. The second kappa shape index (κ2) is 4.62. The van der Waals surface area contributed by atoms with Crippen molar-refractivity contribution in [3.8, 4) is 0 Å². The summed E-state index contributed by atoms with van der Waals surface area (Å²) in [5.74, 6) is -0.445. The highest BCUT2D eigenvalue weighted by molar-refractivity contribution is 9.11. The minimum atomic E-state index is -0.740. The van der Waals surface area contributed by atoms with Crippen LogP contribution in [0.3, 0.4) is 0 Å². The molecule has 1 aromatic heterocycles. The first-order valence-corrected chi connectivity index (χ1v) is 6.59. The van der Waals surface area contributed by atoms with Crippen molar-refractivity contribution >= 4 is 38.4 Å². The average molecular weight is 322 g/mol. The molecule has 1 saturated heterocycles. The summed E-state index contributed by atoms with van der Waals surface area (Å²) in [6, 6.07) is 0. The minimum Gasteiger partial charge on any atom is -0.622 e. The van der Waals surface area contributed by atoms with E-state index in [0.29, 0.717) is 11.7 Å². The van der Waals surface area contributed by atoms with E-state index in [2.05, 4.69) is 20.9 Å². The molecule has 2 unspecified atom stereocenters. The van der Waals surface area contributed by atoms with E-state index in [1.165, 1.54) is 18.3 Å². The van der Waals surface area contributed by atoms with E-state index in [-0.39, 0.29) is 6.67 Å². The molecule has 6 nitrogen and oxygen atoms in total. The van der Waals surface area contributed by atoms with Gasteiger partial charge < -0.3 is 9.94 Å². The molecule has 0 aromatic carbocycles. The normalized spacial score (nSPS) is 29.5. The Bertz CT molecular complexity index is 441. The first-order chi connectivity index (χ1) is 7.91. The summed E-state index contributed by atoms with van der Waals surface area (Å²) in [6.07, 6.45) is 0.844. The molecule has 2 rings (SSSR count). The summed E-state index contributed by atoms with van der Waals surface area (Å²) in [4.78, 5) is 16.9. The molecule has 17 heavy (non-hydrogen) atoms. The molecule has 1 aliphatic heterocycles. The molecular formula is C9H12BrN3O3S. The molecule has 0 amide bonds. The van der Waals surface area contributed by atoms with Gasteiger partial charge in [0.25, 0.3) is 11.4 Å². The van der Waals surface area contributed by atoms with Crippen molar-refractivity contribution in [2.24, 2.45) is 0 Å². The lowest BCUT2D eigenvalue weighted by Crippen LogP contribution is -2.50. The lowest BCUT2D eigenvalue weighted by molar-refractivity contribution is -0.150. The van der Waals surface area contributed by atoms with Crippen LogP contribution < -0.4 is 4.65 Å². The molecule has 2 atom stereocenters. The zero-order chi connectivity index (χ0) is 12.6. The number of quaternary nitrogens is 1. The molecule has 0 aliphatic carbocycles. The van der Waals surface area contributed by atoms with Crippen molar-refractivity contribution in [3.05, 3.63) is 15.2 Å². The number of ether oxygens (including phenoxy) is 1. The molecule has 0 spiro atoms. The Balaban J connectivity index is 2.29. The van der Waals surface area contributed by atoms with Crippen molar-refractivity contribution in [3.63, 3.8) is 0 Å². The van der Waals surface area contributed by atoms with Crippen molar-refractivity contribution in [1.29, 1.82) is 0 Å². The third-order valence-electron chi connectivity index (χ3n) is 2.48. The molecule has 1 aliphatic rings. The fourth-order valence-electron chi connectivity index (χ4n) is 1.82. The number of hydrogen-bond acceptors (Lipinski definition) is 6. The highest BCUT2D eigenvalue weighted by Gasteiger charge is 2.44. The monoisotopic (exact) mass is 321 g/mol. The summed E-state index contributed by atoms with van der Waals surface area (Å²) >= 11 is 4.54. The van der Waals surface area contributed by atoms with E-state index in [0.717, 1.165) is 3.79 Å². The van der Waals surface area contributed by atoms with E-state index >= 15 is 0 Å². The standard InChI is InChI=1S/C9H12BrN3O3S/c1-6(14)16-8-4-12(2)5-13(8,15)9-11-3-7(10)17-9/h3,8H,4-5H2,1-2H3. The molecule has 0 radical (unpaired) electrons. The Labute approximate surface area is 111 Å². The van der Waals surface area contributed by atoms with Crippen LogP contribution in [0.5, 0.6) is 0 Å². The Morgan fingerprint density at radius 3 is 3.06 bits per heavy atom. The first-order valence-electron chi connectivity index (χ1n) is 4.98. The van der Waals surface area contributed by atoms with Crippen molar-refractivity contribution in [1.82, 2.24) is 14.5 Å². The predicted octanol–water partition coefficient (Wildman–Crippen LogP) is 1.50. The van der Waals surface area contributed by atoms with Gasteiger partial charge in [0.1, 0.15) is 6.67 Å². The van der Waals surface area contributed by atoms with Crippen LogP contribution in [0.4, 0.5) is 5.13 Å². The number of carbonyl (C=O) groups is 1. The zero-order valence-electron chi connectivity index (χ0n) is 9.42. The molecule has 94 valence electrons. The van der Waals surface area contributed by atoms with Gasteiger partial charge in [0.05, 0.1) is 16.5 Å². The lowest BCUT2D eigenvalue weighted by atomic mass is 10.5. The van der Waals surface area contributed by atoms with Gasteiger partial charge in [-0.1, -0.05) is 0 Å². The Morgan fingerprint density at radius 2 is 2.53 bits per heavy atom. The van der Waals surface area contributed by atoms with Gasteiger partial charge in [-0.15, -0.1) is 0 Å². The summed E-state index contributed by atoms with van der Waals surface area (Å²) in [7, 11) is 1.82. The molecule has 1 aromatic rings. The van der Waals surface area contributed by atoms with Crippen LogP contribution in [-0.2, 0) is 9.53 Å². The van der Waals surface area contributed by atoms with E-state index in [9.17, 15) is 10.0 Å². The minimum absolute atomic E-state index is 0.234. The first kappa shape index (κ1) is 12.9. The number of hydrogen-bond donors (Lipinski definition) is 0. The quantitative estimate of drug-likeness (QED) is 0.469. The van der Waals surface area contributed by atoms with Crippen LogP contribution in [0.15, 0.2) is 9.98 Å². The van der Waals surface area contributed by atoms with Gasteiger partial charge in [-0.05, 0) is 34.3 Å². The van der Waals surface area contributed by atoms with Crippen LogP contribution >= 0.6 is 27.3 Å². The molecule has 2 heterocycles. The van der Waals surface area contributed by atoms with Gasteiger partial charge >= 0.3 is 5.97 Å². The number of carbonyl (C=O) groups excluding carboxylic acids is 1. The third-order valence-corrected chi connectivity index (χ3v) is 4.06. The Morgan fingerprint density at radius 1 is 1.82 bits per heavy atom. The molecule has 0 bridgehead atoms. The largest absolute Gasteiger partial charge is 0.622 e. The van der Waals surface area contributed by atoms with Gasteiger partial charge in [0, 0.05) is 6.92 Å². The number of hydroxylamine groups is 2. The zero-order valence-corrected chi connectivity index (χ0v) is 11.8. The highest BCUT2D eigenvalue weighted by Crippen LogP contribution is 2.36. The van der Waals surface area contributed by atoms with Crippen LogP contribution in [0.2, 0.25) is 0 Å². The summed E-state index contributed by atoms with van der Waals surface area (Å²) in [5.41, 5.74) is 0. The lowest BCUT2D eigenvalue weighted by Gasteiger charge is -2.38. The van der Waals surface area contributed by atoms with Gasteiger partial charge in [-0.3, -0.25) is 9.44 Å². The maximum Gasteiger partial charge on any atom is 0.307 e. The van der Waals surface area contributed by atoms with Crippen LogP contribution in [-0.4, -0.2) is 42.3 Å². The van der Waals surface area contributed by atoms with Crippen LogP contribution in [0.25, 0.3) is 0 Å². The summed E-state index contributed by atoms with van der Waals surface area (Å²) in [6.45, 7) is 1.96. The number of nitrogens with zero attached hydrogens (tertiary/aromatic N) is 3. The van der Waals surface area contributed by atoms with Gasteiger partial charge in [-0.25, -0.2) is 4.90 Å². The van der Waals surface area contributed by atoms with Crippen molar-refractivity contribution in [2.45, 2.75) is 13.2 Å². The number of esters is 1. The molecule has 1 fully saturated rings. The average Bonchev–Trinajstić information content (AvgIpc) is 2.72. The molecular weight excluding hydrogens is 310 g/mol. The van der Waals surface area contributed by atoms with Crippen molar-refractivity contribution in [2.75, 3.05) is 20.3 Å². The predicted molar refractivity (Wildman–Crippen MR) is 68.0 cm³/mol. The fourth-order valence-corrected chi connectivity index (χ4v) is 3.08. The maximum absolute atomic E-state index is 12.7. The maximum atomic E-state index is 12.7. The second-order valence-corrected chi connectivity index (χ2v) is 6.38. The summed E-state index contributed by atoms with van der Waals surface area (Å²) < 4.78 is 5.15. The molecule has 0 saturated carbocycles. The second-order valence-electron chi connectivity index (χ2n) is 3.99. The van der Waals surface area contributed by atoms with Crippen LogP contribution in [0, 0.1) is 5.21 Å². The Hall–Kier alpha value is -0.540. The van der Waals surface area contributed by atoms with Gasteiger partial charge in [-0.2, -0.15) is 4.98 Å². The van der Waals surface area contributed by atoms with E-state index in [1.807, 2.05) is 11.9 Å². The van der Waals surface area contributed by atoms with Gasteiger partial charge in [0.15, 0.2) is 0 Å². The highest BCUT2D eigenvalue weighted by atomic mass is 79.9. The molecule has 8 heteroatoms. The van der Waals surface area contributed by atoms with E-state index in [4.69, 9.17) is 4.74 Å². The number of halogens is 1. The number of likely N-dealkylation sites (N-methyl/N-ethyl adjacent to an activating group) is 1.